The van der Waals surface area contributed by atoms with Gasteiger partial charge in [-0.15, -0.1) is 0 Å². The first-order valence-electron chi connectivity index (χ1n) is 5.86. The number of halogens is 4. The van der Waals surface area contributed by atoms with Crippen LogP contribution in [-0.2, 0) is 6.42 Å². The third-order valence-electron chi connectivity index (χ3n) is 2.97. The lowest BCUT2D eigenvalue weighted by Crippen LogP contribution is -2.29. The van der Waals surface area contributed by atoms with Crippen LogP contribution in [-0.4, -0.2) is 0 Å². The number of nitrogens with one attached hydrogen (secondary N) is 1. The normalized spacial score (nSPS) is 12.4. The van der Waals surface area contributed by atoms with Gasteiger partial charge in [0.05, 0.1) is 11.1 Å². The third-order valence-corrected chi connectivity index (χ3v) is 3.28. The molecule has 2 aromatic carbocycles. The molecule has 20 heavy (non-hydrogen) atoms. The van der Waals surface area contributed by atoms with Gasteiger partial charge in [0.15, 0.2) is 11.6 Å². The summed E-state index contributed by atoms with van der Waals surface area (Å²) in [6, 6.07) is 7.41. The molecule has 0 bridgehead atoms. The van der Waals surface area contributed by atoms with Gasteiger partial charge in [0.25, 0.3) is 0 Å². The minimum Gasteiger partial charge on any atom is -0.271 e. The van der Waals surface area contributed by atoms with Gasteiger partial charge in [-0.3, -0.25) is 11.3 Å². The van der Waals surface area contributed by atoms with Crippen LogP contribution in [0.25, 0.3) is 0 Å². The van der Waals surface area contributed by atoms with E-state index in [2.05, 4.69) is 5.43 Å². The predicted octanol–water partition coefficient (Wildman–Crippen LogP) is 3.50. The fourth-order valence-electron chi connectivity index (χ4n) is 1.90. The zero-order valence-electron chi connectivity index (χ0n) is 10.3. The predicted molar refractivity (Wildman–Crippen MR) is 71.5 cm³/mol. The van der Waals surface area contributed by atoms with Crippen molar-refractivity contribution in [3.05, 3.63) is 70.0 Å². The fourth-order valence-corrected chi connectivity index (χ4v) is 2.02. The second-order valence-electron chi connectivity index (χ2n) is 4.35. The van der Waals surface area contributed by atoms with E-state index in [4.69, 9.17) is 17.4 Å². The van der Waals surface area contributed by atoms with E-state index in [1.807, 2.05) is 0 Å². The van der Waals surface area contributed by atoms with Crippen LogP contribution in [0.4, 0.5) is 13.2 Å². The van der Waals surface area contributed by atoms with E-state index in [9.17, 15) is 13.2 Å². The van der Waals surface area contributed by atoms with E-state index in [0.29, 0.717) is 17.5 Å². The summed E-state index contributed by atoms with van der Waals surface area (Å²) < 4.78 is 39.5. The summed E-state index contributed by atoms with van der Waals surface area (Å²) in [5.74, 6) is 3.00. The van der Waals surface area contributed by atoms with Crippen LogP contribution < -0.4 is 11.3 Å². The molecule has 106 valence electrons. The molecule has 0 saturated carbocycles. The highest BCUT2D eigenvalue weighted by molar-refractivity contribution is 6.30. The Labute approximate surface area is 119 Å². The van der Waals surface area contributed by atoms with E-state index >= 15 is 0 Å². The minimum atomic E-state index is -0.954. The Morgan fingerprint density at radius 2 is 1.75 bits per heavy atom. The maximum absolute atomic E-state index is 13.4. The van der Waals surface area contributed by atoms with Crippen LogP contribution in [0.15, 0.2) is 36.4 Å². The molecule has 0 saturated heterocycles. The lowest BCUT2D eigenvalue weighted by Gasteiger charge is -2.17. The minimum absolute atomic E-state index is 0.0267. The molecular formula is C14H12ClF3N2. The van der Waals surface area contributed by atoms with Crippen molar-refractivity contribution in [2.75, 3.05) is 0 Å². The molecule has 1 atom stereocenters. The van der Waals surface area contributed by atoms with Gasteiger partial charge in [-0.25, -0.2) is 13.2 Å². The summed E-state index contributed by atoms with van der Waals surface area (Å²) in [6.07, 6.45) is 0.315. The fraction of sp³-hybridized carbons (Fsp3) is 0.143. The molecule has 2 aromatic rings. The molecule has 0 aromatic heterocycles. The average molecular weight is 301 g/mol. The molecule has 0 spiro atoms. The van der Waals surface area contributed by atoms with Gasteiger partial charge in [-0.05, 0) is 41.8 Å². The second-order valence-corrected chi connectivity index (χ2v) is 4.75. The monoisotopic (exact) mass is 300 g/mol. The molecule has 0 heterocycles. The number of hydrazine groups is 1. The van der Waals surface area contributed by atoms with E-state index in [1.165, 1.54) is 18.2 Å². The topological polar surface area (TPSA) is 38.0 Å². The first-order valence-corrected chi connectivity index (χ1v) is 6.24. The second kappa shape index (κ2) is 6.26. The molecule has 2 nitrogen and oxygen atoms in total. The Morgan fingerprint density at radius 1 is 1.00 bits per heavy atom. The number of hydrogen-bond donors (Lipinski definition) is 2. The molecule has 0 fully saturated rings. The summed E-state index contributed by atoms with van der Waals surface area (Å²) >= 11 is 5.60. The number of nitrogens with two attached hydrogens (primary N) is 1. The molecule has 2 rings (SSSR count). The summed E-state index contributed by atoms with van der Waals surface area (Å²) in [4.78, 5) is 0. The van der Waals surface area contributed by atoms with Crippen molar-refractivity contribution in [2.24, 2.45) is 5.84 Å². The zero-order valence-corrected chi connectivity index (χ0v) is 11.1. The molecule has 0 amide bonds. The highest BCUT2D eigenvalue weighted by Crippen LogP contribution is 2.22. The van der Waals surface area contributed by atoms with Crippen molar-refractivity contribution in [1.29, 1.82) is 0 Å². The van der Waals surface area contributed by atoms with Crippen molar-refractivity contribution >= 4 is 11.6 Å². The first kappa shape index (κ1) is 14.8. The Hall–Kier alpha value is -1.56. The smallest absolute Gasteiger partial charge is 0.159 e. The van der Waals surface area contributed by atoms with Crippen LogP contribution in [0.2, 0.25) is 5.02 Å². The molecule has 0 radical (unpaired) electrons. The van der Waals surface area contributed by atoms with Gasteiger partial charge in [-0.2, -0.15) is 0 Å². The Balaban J connectivity index is 2.23. The summed E-state index contributed by atoms with van der Waals surface area (Å²) in [5.41, 5.74) is 3.62. The molecule has 0 aliphatic rings. The van der Waals surface area contributed by atoms with E-state index in [0.717, 1.165) is 12.1 Å². The van der Waals surface area contributed by atoms with E-state index in [1.54, 1.807) is 6.07 Å². The van der Waals surface area contributed by atoms with Gasteiger partial charge >= 0.3 is 0 Å². The maximum Gasteiger partial charge on any atom is 0.159 e. The molecule has 0 aliphatic heterocycles. The lowest BCUT2D eigenvalue weighted by atomic mass is 9.99. The number of benzene rings is 2. The number of hydrogen-bond acceptors (Lipinski definition) is 2. The van der Waals surface area contributed by atoms with Crippen molar-refractivity contribution in [3.63, 3.8) is 0 Å². The summed E-state index contributed by atoms with van der Waals surface area (Å²) in [7, 11) is 0. The quantitative estimate of drug-likeness (QED) is 0.670. The van der Waals surface area contributed by atoms with Gasteiger partial charge in [0.2, 0.25) is 0 Å². The molecule has 0 aliphatic carbocycles. The van der Waals surface area contributed by atoms with E-state index in [-0.39, 0.29) is 5.02 Å². The standard InChI is InChI=1S/C14H12ClF3N2/c15-10-3-1-8(5-12(10)17)6-14(20-19)9-2-4-11(16)13(18)7-9/h1-5,7,14,20H,6,19H2. The third kappa shape index (κ3) is 3.30. The first-order chi connectivity index (χ1) is 9.51. The summed E-state index contributed by atoms with van der Waals surface area (Å²) in [6.45, 7) is 0. The van der Waals surface area contributed by atoms with E-state index < -0.39 is 23.5 Å². The Kier molecular flexibility index (Phi) is 4.65. The SMILES string of the molecule is NNC(Cc1ccc(Cl)c(F)c1)c1ccc(F)c(F)c1. The van der Waals surface area contributed by atoms with Crippen LogP contribution in [0.3, 0.4) is 0 Å². The van der Waals surface area contributed by atoms with Gasteiger partial charge in [0, 0.05) is 0 Å². The van der Waals surface area contributed by atoms with Crippen LogP contribution in [0.5, 0.6) is 0 Å². The van der Waals surface area contributed by atoms with Gasteiger partial charge < -0.3 is 0 Å². The Bertz CT molecular complexity index is 619. The number of rotatable bonds is 4. The average Bonchev–Trinajstić information content (AvgIpc) is 2.43. The van der Waals surface area contributed by atoms with Gasteiger partial charge in [-0.1, -0.05) is 23.7 Å². The highest BCUT2D eigenvalue weighted by atomic mass is 35.5. The Morgan fingerprint density at radius 3 is 2.35 bits per heavy atom. The molecule has 6 heteroatoms. The maximum atomic E-state index is 13.4. The molecular weight excluding hydrogens is 289 g/mol. The van der Waals surface area contributed by atoms with Crippen molar-refractivity contribution in [1.82, 2.24) is 5.43 Å². The van der Waals surface area contributed by atoms with Crippen molar-refractivity contribution < 1.29 is 13.2 Å². The van der Waals surface area contributed by atoms with Crippen LogP contribution in [0.1, 0.15) is 17.2 Å². The van der Waals surface area contributed by atoms with Crippen LogP contribution in [0, 0.1) is 17.5 Å². The lowest BCUT2D eigenvalue weighted by molar-refractivity contribution is 0.497. The van der Waals surface area contributed by atoms with Crippen molar-refractivity contribution in [2.45, 2.75) is 12.5 Å². The molecule has 3 N–H and O–H groups in total. The largest absolute Gasteiger partial charge is 0.271 e. The van der Waals surface area contributed by atoms with Gasteiger partial charge in [0.1, 0.15) is 5.82 Å². The molecule has 1 unspecified atom stereocenters. The van der Waals surface area contributed by atoms with Crippen LogP contribution >= 0.6 is 11.6 Å². The van der Waals surface area contributed by atoms with Crippen molar-refractivity contribution in [3.8, 4) is 0 Å². The summed E-state index contributed by atoms with van der Waals surface area (Å²) in [5, 5.41) is 0.0267. The highest BCUT2D eigenvalue weighted by Gasteiger charge is 2.14. The zero-order chi connectivity index (χ0) is 14.7.